The van der Waals surface area contributed by atoms with E-state index in [1.807, 2.05) is 6.07 Å². The van der Waals surface area contributed by atoms with Gasteiger partial charge in [-0.15, -0.1) is 0 Å². The van der Waals surface area contributed by atoms with E-state index in [9.17, 15) is 0 Å². The number of ether oxygens (including phenoxy) is 1. The summed E-state index contributed by atoms with van der Waals surface area (Å²) >= 11 is 3.69. The van der Waals surface area contributed by atoms with Crippen molar-refractivity contribution in [1.82, 2.24) is 5.32 Å². The van der Waals surface area contributed by atoms with Crippen molar-refractivity contribution in [2.24, 2.45) is 11.3 Å². The Morgan fingerprint density at radius 1 is 1.38 bits per heavy atom. The third-order valence-electron chi connectivity index (χ3n) is 5.14. The molecule has 0 spiro atoms. The van der Waals surface area contributed by atoms with E-state index in [4.69, 9.17) is 4.74 Å². The first kappa shape index (κ1) is 16.8. The van der Waals surface area contributed by atoms with Gasteiger partial charge in [-0.3, -0.25) is 0 Å². The molecule has 118 valence electrons. The number of hydrogen-bond donors (Lipinski definition) is 1. The molecule has 1 N–H and O–H groups in total. The quantitative estimate of drug-likeness (QED) is 0.820. The van der Waals surface area contributed by atoms with Gasteiger partial charge in [0.15, 0.2) is 0 Å². The minimum Gasteiger partial charge on any atom is -0.497 e. The number of halogens is 1. The molecular formula is C18H28BrNO. The summed E-state index contributed by atoms with van der Waals surface area (Å²) in [7, 11) is 3.83. The second-order valence-electron chi connectivity index (χ2n) is 6.90. The minimum atomic E-state index is 0.428. The number of benzene rings is 1. The number of rotatable bonds is 5. The lowest BCUT2D eigenvalue weighted by Crippen LogP contribution is -2.44. The minimum absolute atomic E-state index is 0.428. The lowest BCUT2D eigenvalue weighted by atomic mass is 9.65. The molecule has 0 aromatic heterocycles. The lowest BCUT2D eigenvalue weighted by molar-refractivity contribution is 0.101. The van der Waals surface area contributed by atoms with Gasteiger partial charge in [0, 0.05) is 10.5 Å². The molecule has 0 aliphatic heterocycles. The van der Waals surface area contributed by atoms with Crippen LogP contribution in [0, 0.1) is 11.3 Å². The molecule has 2 rings (SSSR count). The fraction of sp³-hybridized carbons (Fsp3) is 0.667. The normalized spacial score (nSPS) is 22.8. The Morgan fingerprint density at radius 3 is 2.76 bits per heavy atom. The van der Waals surface area contributed by atoms with Crippen molar-refractivity contribution in [3.8, 4) is 5.75 Å². The van der Waals surface area contributed by atoms with Gasteiger partial charge < -0.3 is 10.1 Å². The van der Waals surface area contributed by atoms with Gasteiger partial charge in [-0.2, -0.15) is 0 Å². The van der Waals surface area contributed by atoms with E-state index in [1.54, 1.807) is 7.11 Å². The maximum atomic E-state index is 5.37. The van der Waals surface area contributed by atoms with E-state index in [0.717, 1.165) is 18.1 Å². The molecule has 1 aromatic rings. The molecule has 1 saturated carbocycles. The molecule has 0 amide bonds. The Bertz CT molecular complexity index is 472. The molecule has 3 heteroatoms. The summed E-state index contributed by atoms with van der Waals surface area (Å²) in [5.74, 6) is 1.67. The Labute approximate surface area is 137 Å². The maximum Gasteiger partial charge on any atom is 0.119 e. The van der Waals surface area contributed by atoms with Gasteiger partial charge in [-0.05, 0) is 61.4 Å². The summed E-state index contributed by atoms with van der Waals surface area (Å²) in [6, 6.07) is 6.77. The summed E-state index contributed by atoms with van der Waals surface area (Å²) in [5.41, 5.74) is 1.76. The molecule has 2 nitrogen and oxygen atoms in total. The zero-order valence-electron chi connectivity index (χ0n) is 13.7. The molecule has 1 aromatic carbocycles. The van der Waals surface area contributed by atoms with Crippen LogP contribution in [0.3, 0.4) is 0 Å². The second kappa shape index (κ2) is 7.15. The van der Waals surface area contributed by atoms with Crippen LogP contribution < -0.4 is 10.1 Å². The maximum absolute atomic E-state index is 5.37. The third-order valence-corrected chi connectivity index (χ3v) is 5.91. The number of nitrogens with one attached hydrogen (secondary N) is 1. The number of hydrogen-bond acceptors (Lipinski definition) is 2. The Hall–Kier alpha value is -0.540. The molecule has 1 aliphatic carbocycles. The Kier molecular flexibility index (Phi) is 5.73. The van der Waals surface area contributed by atoms with Crippen molar-refractivity contribution in [2.45, 2.75) is 52.0 Å². The SMILES string of the molecule is CNC(Cc1cc(OC)ccc1Br)C1CCCCC1(C)C. The Balaban J connectivity index is 2.18. The van der Waals surface area contributed by atoms with Crippen LogP contribution in [0.2, 0.25) is 0 Å². The van der Waals surface area contributed by atoms with Crippen LogP contribution in [-0.2, 0) is 6.42 Å². The molecule has 0 radical (unpaired) electrons. The van der Waals surface area contributed by atoms with Gasteiger partial charge in [0.05, 0.1) is 7.11 Å². The van der Waals surface area contributed by atoms with Crippen molar-refractivity contribution in [2.75, 3.05) is 14.2 Å². The van der Waals surface area contributed by atoms with E-state index in [0.29, 0.717) is 11.5 Å². The fourth-order valence-corrected chi connectivity index (χ4v) is 4.19. The first-order valence-corrected chi connectivity index (χ1v) is 8.77. The first-order chi connectivity index (χ1) is 9.97. The van der Waals surface area contributed by atoms with Crippen LogP contribution in [0.5, 0.6) is 5.75 Å². The summed E-state index contributed by atoms with van der Waals surface area (Å²) < 4.78 is 6.55. The van der Waals surface area contributed by atoms with E-state index in [1.165, 1.54) is 35.7 Å². The lowest BCUT2D eigenvalue weighted by Gasteiger charge is -2.43. The first-order valence-electron chi connectivity index (χ1n) is 7.97. The molecule has 21 heavy (non-hydrogen) atoms. The zero-order chi connectivity index (χ0) is 15.5. The van der Waals surface area contributed by atoms with Crippen LogP contribution in [0.1, 0.15) is 45.1 Å². The fourth-order valence-electron chi connectivity index (χ4n) is 3.78. The van der Waals surface area contributed by atoms with Crippen molar-refractivity contribution < 1.29 is 4.74 Å². The van der Waals surface area contributed by atoms with Gasteiger partial charge in [-0.1, -0.05) is 42.6 Å². The average molecular weight is 354 g/mol. The van der Waals surface area contributed by atoms with Crippen LogP contribution in [0.25, 0.3) is 0 Å². The molecule has 2 unspecified atom stereocenters. The smallest absolute Gasteiger partial charge is 0.119 e. The van der Waals surface area contributed by atoms with Crippen LogP contribution in [0.15, 0.2) is 22.7 Å². The topological polar surface area (TPSA) is 21.3 Å². The summed E-state index contributed by atoms with van der Waals surface area (Å²) in [6.07, 6.45) is 6.46. The predicted octanol–water partition coefficient (Wildman–Crippen LogP) is 4.80. The van der Waals surface area contributed by atoms with E-state index in [2.05, 4.69) is 54.3 Å². The van der Waals surface area contributed by atoms with E-state index >= 15 is 0 Å². The molecule has 1 fully saturated rings. The van der Waals surface area contributed by atoms with Gasteiger partial charge in [0.2, 0.25) is 0 Å². The van der Waals surface area contributed by atoms with E-state index < -0.39 is 0 Å². The summed E-state index contributed by atoms with van der Waals surface area (Å²) in [4.78, 5) is 0. The van der Waals surface area contributed by atoms with Gasteiger partial charge in [0.25, 0.3) is 0 Å². The molecular weight excluding hydrogens is 326 g/mol. The Morgan fingerprint density at radius 2 is 2.14 bits per heavy atom. The second-order valence-corrected chi connectivity index (χ2v) is 7.75. The highest BCUT2D eigenvalue weighted by atomic mass is 79.9. The molecule has 1 aliphatic rings. The summed E-state index contributed by atoms with van der Waals surface area (Å²) in [5, 5.41) is 3.58. The average Bonchev–Trinajstić information content (AvgIpc) is 2.46. The summed E-state index contributed by atoms with van der Waals surface area (Å²) in [6.45, 7) is 4.86. The number of methoxy groups -OCH3 is 1. The van der Waals surface area contributed by atoms with Crippen molar-refractivity contribution in [3.63, 3.8) is 0 Å². The van der Waals surface area contributed by atoms with Crippen molar-refractivity contribution in [3.05, 3.63) is 28.2 Å². The predicted molar refractivity (Wildman–Crippen MR) is 93.0 cm³/mol. The van der Waals surface area contributed by atoms with Crippen LogP contribution >= 0.6 is 15.9 Å². The van der Waals surface area contributed by atoms with Crippen molar-refractivity contribution >= 4 is 15.9 Å². The highest BCUT2D eigenvalue weighted by Gasteiger charge is 2.37. The molecule has 0 saturated heterocycles. The highest BCUT2D eigenvalue weighted by Crippen LogP contribution is 2.43. The van der Waals surface area contributed by atoms with Gasteiger partial charge in [0.1, 0.15) is 5.75 Å². The zero-order valence-corrected chi connectivity index (χ0v) is 15.3. The van der Waals surface area contributed by atoms with Crippen LogP contribution in [-0.4, -0.2) is 20.2 Å². The van der Waals surface area contributed by atoms with Gasteiger partial charge in [-0.25, -0.2) is 0 Å². The standard InChI is InChI=1S/C18H28BrNO/c1-18(2)10-6-5-7-15(18)17(20-3)12-13-11-14(21-4)8-9-16(13)19/h8-9,11,15,17,20H,5-7,10,12H2,1-4H3. The molecule has 0 heterocycles. The van der Waals surface area contributed by atoms with Crippen LogP contribution in [0.4, 0.5) is 0 Å². The molecule has 2 atom stereocenters. The molecule has 0 bridgehead atoms. The monoisotopic (exact) mass is 353 g/mol. The third kappa shape index (κ3) is 4.01. The number of likely N-dealkylation sites (N-methyl/N-ethyl adjacent to an activating group) is 1. The largest absolute Gasteiger partial charge is 0.497 e. The van der Waals surface area contributed by atoms with E-state index in [-0.39, 0.29) is 0 Å². The van der Waals surface area contributed by atoms with Gasteiger partial charge >= 0.3 is 0 Å². The van der Waals surface area contributed by atoms with Crippen molar-refractivity contribution in [1.29, 1.82) is 0 Å². The highest BCUT2D eigenvalue weighted by molar-refractivity contribution is 9.10.